The summed E-state index contributed by atoms with van der Waals surface area (Å²) in [6.07, 6.45) is 2.66. The number of rotatable bonds is 1. The van der Waals surface area contributed by atoms with Gasteiger partial charge in [0.25, 0.3) is 0 Å². The van der Waals surface area contributed by atoms with Crippen molar-refractivity contribution < 1.29 is 0 Å². The highest BCUT2D eigenvalue weighted by Gasteiger charge is 2.10. The van der Waals surface area contributed by atoms with Crippen LogP contribution in [0.25, 0.3) is 0 Å². The molecule has 0 aromatic heterocycles. The summed E-state index contributed by atoms with van der Waals surface area (Å²) in [5, 5.41) is 3.33. The largest absolute Gasteiger partial charge is 0.313 e. The first-order chi connectivity index (χ1) is 3.43. The lowest BCUT2D eigenvalue weighted by atomic mass is 10.3. The van der Waals surface area contributed by atoms with Gasteiger partial charge in [0.2, 0.25) is 0 Å². The van der Waals surface area contributed by atoms with Crippen LogP contribution in [0.1, 0.15) is 12.8 Å². The van der Waals surface area contributed by atoms with Gasteiger partial charge in [-0.1, -0.05) is 0 Å². The molecule has 1 aliphatic rings. The molecule has 1 saturated heterocycles. The molecule has 0 aromatic carbocycles. The van der Waals surface area contributed by atoms with Crippen molar-refractivity contribution in [2.45, 2.75) is 18.9 Å². The van der Waals surface area contributed by atoms with Crippen molar-refractivity contribution in [3.8, 4) is 0 Å². The Morgan fingerprint density at radius 3 is 2.86 bits per heavy atom. The summed E-state index contributed by atoms with van der Waals surface area (Å²) in [6.45, 7) is 1.20. The average Bonchev–Trinajstić information content (AvgIpc) is 2.14. The van der Waals surface area contributed by atoms with Gasteiger partial charge in [0.05, 0.1) is 0 Å². The SMILES string of the molecule is SC[C@H]1CCCN1. The van der Waals surface area contributed by atoms with Crippen LogP contribution >= 0.6 is 12.6 Å². The van der Waals surface area contributed by atoms with E-state index in [1.165, 1.54) is 19.4 Å². The van der Waals surface area contributed by atoms with Gasteiger partial charge in [0.15, 0.2) is 0 Å². The summed E-state index contributed by atoms with van der Waals surface area (Å²) < 4.78 is 0. The minimum atomic E-state index is 0.711. The van der Waals surface area contributed by atoms with Crippen LogP contribution in [0.3, 0.4) is 0 Å². The van der Waals surface area contributed by atoms with E-state index in [0.29, 0.717) is 6.04 Å². The second-order valence-electron chi connectivity index (χ2n) is 1.98. The Hall–Kier alpha value is 0.310. The van der Waals surface area contributed by atoms with E-state index in [1.807, 2.05) is 0 Å². The molecule has 0 radical (unpaired) electrons. The molecule has 0 aromatic rings. The fourth-order valence-corrected chi connectivity index (χ4v) is 1.22. The summed E-state index contributed by atoms with van der Waals surface area (Å²) in [6, 6.07) is 0.711. The molecule has 0 aliphatic carbocycles. The summed E-state index contributed by atoms with van der Waals surface area (Å²) >= 11 is 4.15. The third kappa shape index (κ3) is 1.35. The van der Waals surface area contributed by atoms with Gasteiger partial charge >= 0.3 is 0 Å². The molecule has 1 heterocycles. The fourth-order valence-electron chi connectivity index (χ4n) is 0.913. The van der Waals surface area contributed by atoms with Gasteiger partial charge in [-0.2, -0.15) is 12.6 Å². The van der Waals surface area contributed by atoms with Gasteiger partial charge in [-0.25, -0.2) is 0 Å². The van der Waals surface area contributed by atoms with Crippen molar-refractivity contribution in [1.29, 1.82) is 0 Å². The maximum Gasteiger partial charge on any atom is 0.0156 e. The van der Waals surface area contributed by atoms with Gasteiger partial charge < -0.3 is 5.32 Å². The second kappa shape index (κ2) is 2.58. The Kier molecular flexibility index (Phi) is 2.00. The molecule has 0 bridgehead atoms. The first-order valence-electron chi connectivity index (χ1n) is 2.77. The Balaban J connectivity index is 2.14. The quantitative estimate of drug-likeness (QED) is 0.481. The number of hydrogen-bond acceptors (Lipinski definition) is 2. The Morgan fingerprint density at radius 2 is 2.57 bits per heavy atom. The number of thiol groups is 1. The number of nitrogens with one attached hydrogen (secondary N) is 1. The van der Waals surface area contributed by atoms with Crippen molar-refractivity contribution >= 4 is 12.6 Å². The molecule has 0 unspecified atom stereocenters. The monoisotopic (exact) mass is 117 g/mol. The van der Waals surface area contributed by atoms with Crippen molar-refractivity contribution in [3.05, 3.63) is 0 Å². The predicted octanol–water partition coefficient (Wildman–Crippen LogP) is 0.668. The molecule has 1 fully saturated rings. The Morgan fingerprint density at radius 1 is 1.71 bits per heavy atom. The molecule has 1 aliphatic heterocycles. The molecule has 0 saturated carbocycles. The van der Waals surface area contributed by atoms with E-state index in [-0.39, 0.29) is 0 Å². The molecular weight excluding hydrogens is 106 g/mol. The fraction of sp³-hybridized carbons (Fsp3) is 1.00. The maximum atomic E-state index is 4.15. The highest BCUT2D eigenvalue weighted by Crippen LogP contribution is 2.04. The van der Waals surface area contributed by atoms with Crippen LogP contribution in [0.5, 0.6) is 0 Å². The zero-order chi connectivity index (χ0) is 5.11. The lowest BCUT2D eigenvalue weighted by Gasteiger charge is -2.01. The first kappa shape index (κ1) is 5.45. The van der Waals surface area contributed by atoms with Crippen LogP contribution in [0, 0.1) is 0 Å². The van der Waals surface area contributed by atoms with Crippen molar-refractivity contribution in [1.82, 2.24) is 5.32 Å². The third-order valence-corrected chi connectivity index (χ3v) is 1.82. The summed E-state index contributed by atoms with van der Waals surface area (Å²) in [5.41, 5.74) is 0. The molecule has 42 valence electrons. The van der Waals surface area contributed by atoms with E-state index >= 15 is 0 Å². The molecule has 1 N–H and O–H groups in total. The zero-order valence-corrected chi connectivity index (χ0v) is 5.25. The van der Waals surface area contributed by atoms with E-state index in [0.717, 1.165) is 5.75 Å². The van der Waals surface area contributed by atoms with Gasteiger partial charge in [-0.05, 0) is 19.4 Å². The lowest BCUT2D eigenvalue weighted by molar-refractivity contribution is 0.675. The Bertz CT molecular complexity index is 50.0. The summed E-state index contributed by atoms with van der Waals surface area (Å²) in [4.78, 5) is 0. The normalized spacial score (nSPS) is 31.3. The molecule has 0 spiro atoms. The molecule has 1 nitrogen and oxygen atoms in total. The summed E-state index contributed by atoms with van der Waals surface area (Å²) in [5.74, 6) is 1.00. The van der Waals surface area contributed by atoms with E-state index in [9.17, 15) is 0 Å². The minimum absolute atomic E-state index is 0.711. The van der Waals surface area contributed by atoms with Crippen LogP contribution in [0.15, 0.2) is 0 Å². The highest BCUT2D eigenvalue weighted by atomic mass is 32.1. The standard InChI is InChI=1S/C5H11NS/c7-4-5-2-1-3-6-5/h5-7H,1-4H2/t5-/m1/s1. The van der Waals surface area contributed by atoms with Crippen LogP contribution < -0.4 is 5.32 Å². The molecule has 0 amide bonds. The average molecular weight is 117 g/mol. The third-order valence-electron chi connectivity index (χ3n) is 1.38. The maximum absolute atomic E-state index is 4.15. The second-order valence-corrected chi connectivity index (χ2v) is 2.34. The zero-order valence-electron chi connectivity index (χ0n) is 4.35. The molecule has 2 heteroatoms. The van der Waals surface area contributed by atoms with Crippen molar-refractivity contribution in [2.24, 2.45) is 0 Å². The van der Waals surface area contributed by atoms with E-state index in [2.05, 4.69) is 17.9 Å². The molecule has 1 rings (SSSR count). The lowest BCUT2D eigenvalue weighted by Crippen LogP contribution is -2.22. The smallest absolute Gasteiger partial charge is 0.0156 e. The topological polar surface area (TPSA) is 12.0 Å². The van der Waals surface area contributed by atoms with E-state index in [1.54, 1.807) is 0 Å². The summed E-state index contributed by atoms with van der Waals surface area (Å²) in [7, 11) is 0. The van der Waals surface area contributed by atoms with Crippen molar-refractivity contribution in [2.75, 3.05) is 12.3 Å². The van der Waals surface area contributed by atoms with E-state index in [4.69, 9.17) is 0 Å². The van der Waals surface area contributed by atoms with Crippen LogP contribution in [0.4, 0.5) is 0 Å². The molecular formula is C5H11NS. The van der Waals surface area contributed by atoms with Crippen molar-refractivity contribution in [3.63, 3.8) is 0 Å². The molecule has 1 atom stereocenters. The molecule has 7 heavy (non-hydrogen) atoms. The van der Waals surface area contributed by atoms with E-state index < -0.39 is 0 Å². The van der Waals surface area contributed by atoms with Gasteiger partial charge in [-0.3, -0.25) is 0 Å². The van der Waals surface area contributed by atoms with Gasteiger partial charge in [-0.15, -0.1) is 0 Å². The van der Waals surface area contributed by atoms with Crippen LogP contribution in [0.2, 0.25) is 0 Å². The minimum Gasteiger partial charge on any atom is -0.313 e. The first-order valence-corrected chi connectivity index (χ1v) is 3.41. The van der Waals surface area contributed by atoms with Gasteiger partial charge in [0, 0.05) is 11.8 Å². The van der Waals surface area contributed by atoms with Crippen LogP contribution in [-0.2, 0) is 0 Å². The van der Waals surface area contributed by atoms with Gasteiger partial charge in [0.1, 0.15) is 0 Å². The highest BCUT2D eigenvalue weighted by molar-refractivity contribution is 7.80. The van der Waals surface area contributed by atoms with Crippen LogP contribution in [-0.4, -0.2) is 18.3 Å². The Labute approximate surface area is 49.9 Å². The number of hydrogen-bond donors (Lipinski definition) is 2. The predicted molar refractivity (Wildman–Crippen MR) is 34.9 cm³/mol.